The molecule has 0 heterocycles. The zero-order chi connectivity index (χ0) is 11.5. The molecule has 0 radical (unpaired) electrons. The van der Waals surface area contributed by atoms with Crippen molar-refractivity contribution in [3.05, 3.63) is 0 Å². The molecule has 0 bridgehead atoms. The minimum absolute atomic E-state index is 0.102. The Morgan fingerprint density at radius 1 is 1.60 bits per heavy atom. The fourth-order valence-electron chi connectivity index (χ4n) is 1.65. The van der Waals surface area contributed by atoms with Gasteiger partial charge in [0, 0.05) is 23.8 Å². The fraction of sp³-hybridized carbons (Fsp3) is 1.00. The van der Waals surface area contributed by atoms with Crippen LogP contribution in [0.2, 0.25) is 0 Å². The molecule has 0 amide bonds. The molecule has 0 aliphatic heterocycles. The summed E-state index contributed by atoms with van der Waals surface area (Å²) >= 11 is 4.61. The van der Waals surface area contributed by atoms with Gasteiger partial charge >= 0.3 is 0 Å². The summed E-state index contributed by atoms with van der Waals surface area (Å²) in [7, 11) is -3.35. The van der Waals surface area contributed by atoms with Crippen molar-refractivity contribution < 1.29 is 13.9 Å². The van der Waals surface area contributed by atoms with E-state index in [2.05, 4.69) is 11.2 Å². The number of rotatable bonds is 7. The highest BCUT2D eigenvalue weighted by Gasteiger charge is 2.32. The van der Waals surface area contributed by atoms with Gasteiger partial charge in [-0.1, -0.05) is 13.3 Å². The summed E-state index contributed by atoms with van der Waals surface area (Å²) in [4.78, 5) is 0. The second-order valence-electron chi connectivity index (χ2n) is 4.12. The van der Waals surface area contributed by atoms with Crippen LogP contribution in [0.3, 0.4) is 0 Å². The van der Waals surface area contributed by atoms with Crippen LogP contribution in [-0.4, -0.2) is 37.4 Å². The molecule has 0 aromatic carbocycles. The summed E-state index contributed by atoms with van der Waals surface area (Å²) in [5, 5.41) is 9.20. The number of hydrogen-bond donors (Lipinski definition) is 2. The molecule has 1 unspecified atom stereocenters. The minimum Gasteiger partial charge on any atom is -0.395 e. The molecular formula is C9H19NO3S2. The van der Waals surface area contributed by atoms with Crippen LogP contribution in [-0.2, 0) is 20.1 Å². The van der Waals surface area contributed by atoms with E-state index in [9.17, 15) is 13.9 Å². The zero-order valence-electron chi connectivity index (χ0n) is 8.96. The van der Waals surface area contributed by atoms with Gasteiger partial charge in [-0.3, -0.25) is 4.55 Å². The Bertz CT molecular complexity index is 288. The van der Waals surface area contributed by atoms with Crippen molar-refractivity contribution in [3.8, 4) is 0 Å². The Labute approximate surface area is 96.3 Å². The molecule has 2 atom stereocenters. The predicted octanol–water partition coefficient (Wildman–Crippen LogP) is 0.994. The van der Waals surface area contributed by atoms with Crippen molar-refractivity contribution in [2.45, 2.75) is 38.6 Å². The van der Waals surface area contributed by atoms with Gasteiger partial charge in [0.15, 0.2) is 0 Å². The van der Waals surface area contributed by atoms with Crippen LogP contribution in [0.4, 0.5) is 0 Å². The molecule has 1 aliphatic carbocycles. The lowest BCUT2D eigenvalue weighted by Gasteiger charge is -2.28. The van der Waals surface area contributed by atoms with Gasteiger partial charge in [-0.25, -0.2) is 4.21 Å². The largest absolute Gasteiger partial charge is 0.395 e. The molecule has 1 rings (SSSR count). The Balaban J connectivity index is 2.67. The molecular weight excluding hydrogens is 234 g/mol. The maximum Gasteiger partial charge on any atom is 0.210 e. The molecule has 0 aromatic heterocycles. The highest BCUT2D eigenvalue weighted by molar-refractivity contribution is 8.28. The number of hydrogen-bond acceptors (Lipinski definition) is 3. The van der Waals surface area contributed by atoms with E-state index in [4.69, 9.17) is 0 Å². The lowest BCUT2D eigenvalue weighted by Crippen LogP contribution is -2.42. The van der Waals surface area contributed by atoms with Gasteiger partial charge in [-0.2, -0.15) is 4.31 Å². The van der Waals surface area contributed by atoms with Crippen molar-refractivity contribution in [2.24, 2.45) is 5.92 Å². The Hall–Kier alpha value is 0.250. The SMILES string of the molecule is CCC[C@H](CO)N(CC1CC1)S(=O)(O)=S. The van der Waals surface area contributed by atoms with Crippen LogP contribution in [0, 0.1) is 5.92 Å². The molecule has 2 N–H and O–H groups in total. The standard InChI is InChI=1S/C9H19NO3S2/c1-2-3-9(7-11)10(15(12,13)14)6-8-4-5-8/h8-9,11H,2-7H2,1H3,(H,12,13,14)/t9-/m1/s1. The molecule has 1 saturated carbocycles. The third-order valence-electron chi connectivity index (χ3n) is 2.67. The van der Waals surface area contributed by atoms with Crippen LogP contribution >= 0.6 is 0 Å². The maximum atomic E-state index is 11.5. The van der Waals surface area contributed by atoms with Crippen molar-refractivity contribution >= 4 is 20.1 Å². The summed E-state index contributed by atoms with van der Waals surface area (Å²) in [5.74, 6) is 0.492. The molecule has 0 saturated heterocycles. The second-order valence-corrected chi connectivity index (χ2v) is 6.78. The summed E-state index contributed by atoms with van der Waals surface area (Å²) in [6.07, 6.45) is 3.78. The van der Waals surface area contributed by atoms with Crippen LogP contribution in [0.15, 0.2) is 0 Å². The molecule has 1 aliphatic rings. The van der Waals surface area contributed by atoms with Crippen LogP contribution < -0.4 is 0 Å². The average molecular weight is 253 g/mol. The Morgan fingerprint density at radius 2 is 2.20 bits per heavy atom. The van der Waals surface area contributed by atoms with Gasteiger partial charge in [0.1, 0.15) is 0 Å². The smallest absolute Gasteiger partial charge is 0.210 e. The van der Waals surface area contributed by atoms with Crippen LogP contribution in [0.25, 0.3) is 0 Å². The van der Waals surface area contributed by atoms with E-state index in [1.165, 1.54) is 4.31 Å². The van der Waals surface area contributed by atoms with Gasteiger partial charge < -0.3 is 5.11 Å². The summed E-state index contributed by atoms with van der Waals surface area (Å²) < 4.78 is 22.4. The first-order valence-corrected chi connectivity index (χ1v) is 7.73. The van der Waals surface area contributed by atoms with Crippen molar-refractivity contribution in [1.82, 2.24) is 4.31 Å². The van der Waals surface area contributed by atoms with Crippen molar-refractivity contribution in [3.63, 3.8) is 0 Å². The molecule has 4 nitrogen and oxygen atoms in total. The normalized spacial score (nSPS) is 22.7. The Kier molecular flexibility index (Phi) is 4.92. The second kappa shape index (κ2) is 5.54. The van der Waals surface area contributed by atoms with E-state index in [0.29, 0.717) is 18.9 Å². The lowest BCUT2D eigenvalue weighted by molar-refractivity contribution is 0.173. The van der Waals surface area contributed by atoms with Crippen molar-refractivity contribution in [2.75, 3.05) is 13.2 Å². The van der Waals surface area contributed by atoms with E-state index in [1.807, 2.05) is 6.92 Å². The Morgan fingerprint density at radius 3 is 2.53 bits per heavy atom. The number of aliphatic hydroxyl groups is 1. The minimum atomic E-state index is -3.35. The summed E-state index contributed by atoms with van der Waals surface area (Å²) in [5.41, 5.74) is 0. The highest BCUT2D eigenvalue weighted by atomic mass is 32.8. The fourth-order valence-corrected chi connectivity index (χ4v) is 3.14. The van der Waals surface area contributed by atoms with Crippen LogP contribution in [0.5, 0.6) is 0 Å². The van der Waals surface area contributed by atoms with Crippen LogP contribution in [0.1, 0.15) is 32.6 Å². The molecule has 0 spiro atoms. The molecule has 0 aromatic rings. The van der Waals surface area contributed by atoms with E-state index in [-0.39, 0.29) is 12.6 Å². The zero-order valence-corrected chi connectivity index (χ0v) is 10.6. The van der Waals surface area contributed by atoms with Gasteiger partial charge in [-0.05, 0) is 25.2 Å². The van der Waals surface area contributed by atoms with Crippen molar-refractivity contribution in [1.29, 1.82) is 0 Å². The third kappa shape index (κ3) is 4.32. The molecule has 90 valence electrons. The maximum absolute atomic E-state index is 11.5. The van der Waals surface area contributed by atoms with E-state index in [1.54, 1.807) is 0 Å². The molecule has 6 heteroatoms. The third-order valence-corrected chi connectivity index (χ3v) is 4.29. The molecule has 15 heavy (non-hydrogen) atoms. The van der Waals surface area contributed by atoms with E-state index in [0.717, 1.165) is 19.3 Å². The number of aliphatic hydroxyl groups excluding tert-OH is 1. The average Bonchev–Trinajstić information content (AvgIpc) is 2.93. The van der Waals surface area contributed by atoms with E-state index >= 15 is 0 Å². The number of nitrogens with zero attached hydrogens (tertiary/aromatic N) is 1. The molecule has 1 fully saturated rings. The summed E-state index contributed by atoms with van der Waals surface area (Å²) in [6, 6.07) is -0.273. The van der Waals surface area contributed by atoms with Gasteiger partial charge in [0.05, 0.1) is 6.61 Å². The highest BCUT2D eigenvalue weighted by Crippen LogP contribution is 2.31. The first-order chi connectivity index (χ1) is 6.99. The van der Waals surface area contributed by atoms with Gasteiger partial charge in [-0.15, -0.1) is 0 Å². The predicted molar refractivity (Wildman–Crippen MR) is 63.3 cm³/mol. The van der Waals surface area contributed by atoms with E-state index < -0.39 is 8.96 Å². The first-order valence-electron chi connectivity index (χ1n) is 5.34. The summed E-state index contributed by atoms with van der Waals surface area (Å²) in [6.45, 7) is 2.43. The quantitative estimate of drug-likeness (QED) is 0.710. The topological polar surface area (TPSA) is 60.8 Å². The lowest BCUT2D eigenvalue weighted by atomic mass is 10.2. The first kappa shape index (κ1) is 13.3. The monoisotopic (exact) mass is 253 g/mol. The van der Waals surface area contributed by atoms with Gasteiger partial charge in [0.25, 0.3) is 0 Å². The van der Waals surface area contributed by atoms with Gasteiger partial charge in [0.2, 0.25) is 8.96 Å².